The lowest BCUT2D eigenvalue weighted by Gasteiger charge is -2.09. The van der Waals surface area contributed by atoms with Gasteiger partial charge in [0.25, 0.3) is 0 Å². The van der Waals surface area contributed by atoms with Gasteiger partial charge in [-0.15, -0.1) is 0 Å². The fraction of sp³-hybridized carbons (Fsp3) is 0.467. The molecule has 0 bridgehead atoms. The zero-order chi connectivity index (χ0) is 13.4. The Morgan fingerprint density at radius 3 is 2.79 bits per heavy atom. The van der Waals surface area contributed by atoms with Gasteiger partial charge in [0.05, 0.1) is 6.04 Å². The number of aromatic nitrogens is 2. The first-order chi connectivity index (χ1) is 9.15. The van der Waals surface area contributed by atoms with E-state index in [1.165, 1.54) is 24.0 Å². The summed E-state index contributed by atoms with van der Waals surface area (Å²) in [6.45, 7) is 4.09. The molecule has 0 spiro atoms. The van der Waals surface area contributed by atoms with Crippen LogP contribution in [0.3, 0.4) is 0 Å². The molecule has 19 heavy (non-hydrogen) atoms. The van der Waals surface area contributed by atoms with Crippen LogP contribution in [0.5, 0.6) is 0 Å². The van der Waals surface area contributed by atoms with E-state index < -0.39 is 0 Å². The first-order valence-electron chi connectivity index (χ1n) is 6.86. The smallest absolute Gasteiger partial charge is 0.244 e. The van der Waals surface area contributed by atoms with E-state index in [4.69, 9.17) is 10.3 Å². The summed E-state index contributed by atoms with van der Waals surface area (Å²) in [5.74, 6) is 1.44. The molecular weight excluding hydrogens is 238 g/mol. The summed E-state index contributed by atoms with van der Waals surface area (Å²) in [4.78, 5) is 4.42. The van der Waals surface area contributed by atoms with Crippen molar-refractivity contribution in [2.45, 2.75) is 39.2 Å². The lowest BCUT2D eigenvalue weighted by molar-refractivity contribution is 0.325. The van der Waals surface area contributed by atoms with Crippen LogP contribution in [-0.4, -0.2) is 10.1 Å². The molecular formula is C15H19N3O. The van der Waals surface area contributed by atoms with Gasteiger partial charge in [0, 0.05) is 5.56 Å². The van der Waals surface area contributed by atoms with E-state index in [-0.39, 0.29) is 12.0 Å². The normalized spacial score (nSPS) is 15.8. The fourth-order valence-corrected chi connectivity index (χ4v) is 2.48. The maximum absolute atomic E-state index is 6.02. The summed E-state index contributed by atoms with van der Waals surface area (Å²) < 4.78 is 5.28. The first-order valence-corrected chi connectivity index (χ1v) is 6.86. The van der Waals surface area contributed by atoms with Crippen molar-refractivity contribution in [2.24, 2.45) is 11.7 Å². The van der Waals surface area contributed by atoms with Crippen LogP contribution in [0.25, 0.3) is 11.4 Å². The molecule has 1 aliphatic rings. The second kappa shape index (κ2) is 4.78. The third kappa shape index (κ3) is 2.28. The molecule has 0 radical (unpaired) electrons. The van der Waals surface area contributed by atoms with Crippen molar-refractivity contribution in [3.05, 3.63) is 35.2 Å². The molecule has 1 aromatic heterocycles. The SMILES string of the molecule is CC(C)[C@H](N)c1nc(-c2ccc3c(c2)CCC3)no1. The number of fused-ring (bicyclic) bond motifs is 1. The third-order valence-corrected chi connectivity index (χ3v) is 3.80. The lowest BCUT2D eigenvalue weighted by atomic mass is 10.1. The molecule has 100 valence electrons. The third-order valence-electron chi connectivity index (χ3n) is 3.80. The van der Waals surface area contributed by atoms with E-state index in [0.29, 0.717) is 11.7 Å². The number of aryl methyl sites for hydroxylation is 2. The van der Waals surface area contributed by atoms with E-state index in [9.17, 15) is 0 Å². The maximum atomic E-state index is 6.02. The van der Waals surface area contributed by atoms with E-state index in [1.54, 1.807) is 0 Å². The summed E-state index contributed by atoms with van der Waals surface area (Å²) in [6, 6.07) is 6.23. The van der Waals surface area contributed by atoms with E-state index in [0.717, 1.165) is 12.0 Å². The summed E-state index contributed by atoms with van der Waals surface area (Å²) in [5.41, 5.74) is 9.91. The molecule has 0 saturated heterocycles. The summed E-state index contributed by atoms with van der Waals surface area (Å²) in [5, 5.41) is 4.05. The molecule has 4 heteroatoms. The molecule has 1 aliphatic carbocycles. The first kappa shape index (κ1) is 12.4. The number of hydrogen-bond donors (Lipinski definition) is 1. The van der Waals surface area contributed by atoms with Crippen LogP contribution in [0.4, 0.5) is 0 Å². The Morgan fingerprint density at radius 1 is 1.21 bits per heavy atom. The van der Waals surface area contributed by atoms with Gasteiger partial charge < -0.3 is 10.3 Å². The van der Waals surface area contributed by atoms with Crippen molar-refractivity contribution in [3.8, 4) is 11.4 Å². The van der Waals surface area contributed by atoms with Gasteiger partial charge >= 0.3 is 0 Å². The number of nitrogens with zero attached hydrogens (tertiary/aromatic N) is 2. The molecule has 0 aliphatic heterocycles. The van der Waals surface area contributed by atoms with Crippen molar-refractivity contribution in [1.29, 1.82) is 0 Å². The van der Waals surface area contributed by atoms with Gasteiger partial charge in [-0.2, -0.15) is 4.98 Å². The zero-order valence-corrected chi connectivity index (χ0v) is 11.4. The minimum Gasteiger partial charge on any atom is -0.337 e. The highest BCUT2D eigenvalue weighted by Gasteiger charge is 2.19. The Kier molecular flexibility index (Phi) is 3.11. The van der Waals surface area contributed by atoms with Gasteiger partial charge in [-0.3, -0.25) is 0 Å². The predicted octanol–water partition coefficient (Wildman–Crippen LogP) is 2.88. The van der Waals surface area contributed by atoms with Crippen LogP contribution in [0, 0.1) is 5.92 Å². The highest BCUT2D eigenvalue weighted by atomic mass is 16.5. The molecule has 3 rings (SSSR count). The molecule has 0 saturated carbocycles. The van der Waals surface area contributed by atoms with Gasteiger partial charge in [-0.1, -0.05) is 31.1 Å². The zero-order valence-electron chi connectivity index (χ0n) is 11.4. The highest BCUT2D eigenvalue weighted by molar-refractivity contribution is 5.57. The molecule has 1 aromatic carbocycles. The molecule has 2 N–H and O–H groups in total. The van der Waals surface area contributed by atoms with Crippen molar-refractivity contribution in [3.63, 3.8) is 0 Å². The van der Waals surface area contributed by atoms with Gasteiger partial charge in [0.2, 0.25) is 11.7 Å². The lowest BCUT2D eigenvalue weighted by Crippen LogP contribution is -2.16. The van der Waals surface area contributed by atoms with Crippen LogP contribution in [0.15, 0.2) is 22.7 Å². The second-order valence-corrected chi connectivity index (χ2v) is 5.56. The van der Waals surface area contributed by atoms with Crippen LogP contribution in [0.2, 0.25) is 0 Å². The minimum atomic E-state index is -0.198. The second-order valence-electron chi connectivity index (χ2n) is 5.56. The highest BCUT2D eigenvalue weighted by Crippen LogP contribution is 2.27. The van der Waals surface area contributed by atoms with Gasteiger partial charge in [-0.25, -0.2) is 0 Å². The van der Waals surface area contributed by atoms with E-state index in [2.05, 4.69) is 28.3 Å². The van der Waals surface area contributed by atoms with Crippen molar-refractivity contribution in [2.75, 3.05) is 0 Å². The Bertz CT molecular complexity index is 589. The van der Waals surface area contributed by atoms with Crippen LogP contribution in [-0.2, 0) is 12.8 Å². The Balaban J connectivity index is 1.90. The van der Waals surface area contributed by atoms with Crippen LogP contribution in [0.1, 0.15) is 43.3 Å². The number of nitrogens with two attached hydrogens (primary N) is 1. The fourth-order valence-electron chi connectivity index (χ4n) is 2.48. The molecule has 0 amide bonds. The Hall–Kier alpha value is -1.68. The molecule has 0 fully saturated rings. The van der Waals surface area contributed by atoms with Crippen molar-refractivity contribution >= 4 is 0 Å². The summed E-state index contributed by atoms with van der Waals surface area (Å²) in [7, 11) is 0. The van der Waals surface area contributed by atoms with Gasteiger partial charge in [-0.05, 0) is 42.4 Å². The van der Waals surface area contributed by atoms with Crippen LogP contribution < -0.4 is 5.73 Å². The number of rotatable bonds is 3. The average Bonchev–Trinajstić information content (AvgIpc) is 3.05. The van der Waals surface area contributed by atoms with E-state index in [1.807, 2.05) is 13.8 Å². The Morgan fingerprint density at radius 2 is 2.00 bits per heavy atom. The van der Waals surface area contributed by atoms with Crippen molar-refractivity contribution < 1.29 is 4.52 Å². The molecule has 1 heterocycles. The molecule has 0 unspecified atom stereocenters. The maximum Gasteiger partial charge on any atom is 0.244 e. The van der Waals surface area contributed by atoms with Crippen LogP contribution >= 0.6 is 0 Å². The molecule has 1 atom stereocenters. The Labute approximate surface area is 113 Å². The van der Waals surface area contributed by atoms with Gasteiger partial charge in [0.15, 0.2) is 0 Å². The molecule has 4 nitrogen and oxygen atoms in total. The summed E-state index contributed by atoms with van der Waals surface area (Å²) >= 11 is 0. The van der Waals surface area contributed by atoms with E-state index >= 15 is 0 Å². The quantitative estimate of drug-likeness (QED) is 0.918. The summed E-state index contributed by atoms with van der Waals surface area (Å²) in [6.07, 6.45) is 3.58. The standard InChI is InChI=1S/C15H19N3O/c1-9(2)13(16)15-17-14(18-19-15)12-7-6-10-4-3-5-11(10)8-12/h6-9,13H,3-5,16H2,1-2H3/t13-/m0/s1. The monoisotopic (exact) mass is 257 g/mol. The minimum absolute atomic E-state index is 0.198. The predicted molar refractivity (Wildman–Crippen MR) is 73.5 cm³/mol. The van der Waals surface area contributed by atoms with Crippen molar-refractivity contribution in [1.82, 2.24) is 10.1 Å². The molecule has 2 aromatic rings. The number of hydrogen-bond acceptors (Lipinski definition) is 4. The van der Waals surface area contributed by atoms with Gasteiger partial charge in [0.1, 0.15) is 0 Å². The topological polar surface area (TPSA) is 64.9 Å². The average molecular weight is 257 g/mol. The largest absolute Gasteiger partial charge is 0.337 e. The number of benzene rings is 1.